The summed E-state index contributed by atoms with van der Waals surface area (Å²) in [6.45, 7) is 2.51. The molecule has 25 heavy (non-hydrogen) atoms. The number of rotatable bonds is 6. The molecule has 0 radical (unpaired) electrons. The second-order valence-corrected chi connectivity index (χ2v) is 5.93. The second-order valence-electron chi connectivity index (χ2n) is 4.99. The summed E-state index contributed by atoms with van der Waals surface area (Å²) >= 11 is 1.41. The van der Waals surface area contributed by atoms with E-state index in [0.29, 0.717) is 35.0 Å². The molecule has 126 valence electrons. The Balaban J connectivity index is 1.50. The lowest BCUT2D eigenvalue weighted by Gasteiger charge is -2.05. The third-order valence-electron chi connectivity index (χ3n) is 3.32. The van der Waals surface area contributed by atoms with E-state index in [9.17, 15) is 0 Å². The number of nitrogens with zero attached hydrogens (tertiary/aromatic N) is 6. The first-order chi connectivity index (χ1) is 12.3. The molecule has 3 heterocycles. The molecule has 0 N–H and O–H groups in total. The van der Waals surface area contributed by atoms with Gasteiger partial charge in [-0.25, -0.2) is 9.50 Å². The molecule has 1 aromatic carbocycles. The van der Waals surface area contributed by atoms with Gasteiger partial charge in [0, 0.05) is 12.4 Å². The molecule has 0 saturated heterocycles. The van der Waals surface area contributed by atoms with Crippen LogP contribution in [0, 0.1) is 0 Å². The zero-order valence-corrected chi connectivity index (χ0v) is 14.2. The van der Waals surface area contributed by atoms with Gasteiger partial charge in [-0.15, -0.1) is 5.10 Å². The lowest BCUT2D eigenvalue weighted by atomic mass is 10.2. The van der Waals surface area contributed by atoms with Crippen LogP contribution in [-0.2, 0) is 5.75 Å². The first-order valence-corrected chi connectivity index (χ1v) is 8.67. The lowest BCUT2D eigenvalue weighted by Crippen LogP contribution is -1.94. The minimum atomic E-state index is 0.473. The van der Waals surface area contributed by atoms with E-state index in [0.717, 1.165) is 11.3 Å². The number of para-hydroxylation sites is 1. The van der Waals surface area contributed by atoms with Gasteiger partial charge in [-0.05, 0) is 25.1 Å². The van der Waals surface area contributed by atoms with Gasteiger partial charge < -0.3 is 9.26 Å². The second kappa shape index (κ2) is 6.89. The highest BCUT2D eigenvalue weighted by Crippen LogP contribution is 2.28. The van der Waals surface area contributed by atoms with E-state index in [-0.39, 0.29) is 0 Å². The summed E-state index contributed by atoms with van der Waals surface area (Å²) in [6.07, 6.45) is 3.48. The maximum atomic E-state index is 5.61. The Morgan fingerprint density at radius 3 is 3.00 bits per heavy atom. The van der Waals surface area contributed by atoms with E-state index in [1.54, 1.807) is 23.0 Å². The van der Waals surface area contributed by atoms with Gasteiger partial charge in [0.15, 0.2) is 0 Å². The van der Waals surface area contributed by atoms with Crippen LogP contribution in [0.4, 0.5) is 0 Å². The van der Waals surface area contributed by atoms with Crippen LogP contribution in [0.15, 0.2) is 52.4 Å². The summed E-state index contributed by atoms with van der Waals surface area (Å²) in [5.74, 6) is 2.77. The van der Waals surface area contributed by atoms with E-state index in [1.807, 2.05) is 31.2 Å². The largest absolute Gasteiger partial charge is 0.493 e. The molecule has 0 unspecified atom stereocenters. The fraction of sp³-hybridized carbons (Fsp3) is 0.188. The molecule has 4 aromatic rings. The molecule has 0 spiro atoms. The molecule has 3 aromatic heterocycles. The maximum absolute atomic E-state index is 5.61. The van der Waals surface area contributed by atoms with Crippen LogP contribution in [-0.4, -0.2) is 36.3 Å². The Hall–Kier alpha value is -2.94. The molecule has 9 heteroatoms. The number of hydrogen-bond donors (Lipinski definition) is 0. The average Bonchev–Trinajstić information content (AvgIpc) is 3.27. The first-order valence-electron chi connectivity index (χ1n) is 7.68. The number of benzene rings is 1. The third-order valence-corrected chi connectivity index (χ3v) is 4.14. The molecule has 4 rings (SSSR count). The van der Waals surface area contributed by atoms with Crippen molar-refractivity contribution in [1.29, 1.82) is 0 Å². The van der Waals surface area contributed by atoms with Crippen molar-refractivity contribution in [3.05, 3.63) is 48.6 Å². The number of hydrogen-bond acceptors (Lipinski definition) is 8. The van der Waals surface area contributed by atoms with E-state index in [2.05, 4.69) is 25.2 Å². The van der Waals surface area contributed by atoms with Crippen LogP contribution >= 0.6 is 11.8 Å². The highest BCUT2D eigenvalue weighted by atomic mass is 32.2. The summed E-state index contributed by atoms with van der Waals surface area (Å²) in [6, 6.07) is 9.42. The zero-order valence-electron chi connectivity index (χ0n) is 13.4. The topological polar surface area (TPSA) is 91.2 Å². The van der Waals surface area contributed by atoms with Gasteiger partial charge in [0.1, 0.15) is 5.75 Å². The van der Waals surface area contributed by atoms with Crippen LogP contribution in [0.1, 0.15) is 12.8 Å². The van der Waals surface area contributed by atoms with Gasteiger partial charge in [-0.2, -0.15) is 9.97 Å². The van der Waals surface area contributed by atoms with Gasteiger partial charge in [0.2, 0.25) is 16.9 Å². The van der Waals surface area contributed by atoms with Crippen LogP contribution in [0.3, 0.4) is 0 Å². The lowest BCUT2D eigenvalue weighted by molar-refractivity contribution is 0.341. The summed E-state index contributed by atoms with van der Waals surface area (Å²) in [7, 11) is 0. The molecular weight excluding hydrogens is 340 g/mol. The molecule has 0 atom stereocenters. The molecule has 0 bridgehead atoms. The fourth-order valence-electron chi connectivity index (χ4n) is 2.26. The van der Waals surface area contributed by atoms with Gasteiger partial charge in [0.25, 0.3) is 5.78 Å². The summed E-state index contributed by atoms with van der Waals surface area (Å²) in [5, 5.41) is 8.98. The van der Waals surface area contributed by atoms with Crippen molar-refractivity contribution in [3.63, 3.8) is 0 Å². The monoisotopic (exact) mass is 354 g/mol. The van der Waals surface area contributed by atoms with E-state index < -0.39 is 0 Å². The van der Waals surface area contributed by atoms with Gasteiger partial charge in [-0.1, -0.05) is 29.1 Å². The molecule has 0 aliphatic heterocycles. The van der Waals surface area contributed by atoms with E-state index in [4.69, 9.17) is 9.26 Å². The third kappa shape index (κ3) is 3.31. The predicted molar refractivity (Wildman–Crippen MR) is 91.2 cm³/mol. The van der Waals surface area contributed by atoms with Crippen molar-refractivity contribution < 1.29 is 9.26 Å². The number of thioether (sulfide) groups is 1. The molecule has 0 aliphatic carbocycles. The Morgan fingerprint density at radius 2 is 2.12 bits per heavy atom. The molecular formula is C16H14N6O2S. The molecule has 0 saturated carbocycles. The van der Waals surface area contributed by atoms with E-state index in [1.165, 1.54) is 11.8 Å². The fourth-order valence-corrected chi connectivity index (χ4v) is 2.92. The highest BCUT2D eigenvalue weighted by Gasteiger charge is 2.14. The summed E-state index contributed by atoms with van der Waals surface area (Å²) in [5.41, 5.74) is 0.805. The minimum Gasteiger partial charge on any atom is -0.493 e. The summed E-state index contributed by atoms with van der Waals surface area (Å²) in [4.78, 5) is 12.9. The minimum absolute atomic E-state index is 0.473. The van der Waals surface area contributed by atoms with Crippen molar-refractivity contribution in [2.75, 3.05) is 6.61 Å². The number of ether oxygens (including phenoxy) is 1. The standard InChI is InChI=1S/C16H14N6O2S/c1-2-23-12-7-4-3-6-11(12)14-18-13(24-21-14)10-25-16-19-15-17-8-5-9-22(15)20-16/h3-9H,2,10H2,1H3. The highest BCUT2D eigenvalue weighted by molar-refractivity contribution is 7.98. The Kier molecular flexibility index (Phi) is 4.30. The van der Waals surface area contributed by atoms with E-state index >= 15 is 0 Å². The average molecular weight is 354 g/mol. The first kappa shape index (κ1) is 15.6. The predicted octanol–water partition coefficient (Wildman–Crippen LogP) is 2.87. The smallest absolute Gasteiger partial charge is 0.253 e. The number of fused-ring (bicyclic) bond motifs is 1. The van der Waals surface area contributed by atoms with Crippen molar-refractivity contribution in [2.24, 2.45) is 0 Å². The Bertz CT molecular complexity index is 966. The van der Waals surface area contributed by atoms with Crippen molar-refractivity contribution in [1.82, 2.24) is 29.7 Å². The molecule has 0 fully saturated rings. The van der Waals surface area contributed by atoms with Crippen LogP contribution in [0.2, 0.25) is 0 Å². The van der Waals surface area contributed by atoms with Gasteiger partial charge in [-0.3, -0.25) is 0 Å². The zero-order chi connectivity index (χ0) is 17.1. The van der Waals surface area contributed by atoms with Crippen LogP contribution in [0.25, 0.3) is 17.2 Å². The van der Waals surface area contributed by atoms with Crippen molar-refractivity contribution in [3.8, 4) is 17.1 Å². The SMILES string of the molecule is CCOc1ccccc1-c1noc(CSc2nc3ncccn3n2)n1. The van der Waals surface area contributed by atoms with Crippen molar-refractivity contribution >= 4 is 17.5 Å². The van der Waals surface area contributed by atoms with Crippen LogP contribution < -0.4 is 4.74 Å². The van der Waals surface area contributed by atoms with Crippen molar-refractivity contribution in [2.45, 2.75) is 17.8 Å². The molecule has 0 amide bonds. The molecule has 0 aliphatic rings. The maximum Gasteiger partial charge on any atom is 0.253 e. The quantitative estimate of drug-likeness (QED) is 0.488. The molecule has 8 nitrogen and oxygen atoms in total. The van der Waals surface area contributed by atoms with Crippen LogP contribution in [0.5, 0.6) is 5.75 Å². The Morgan fingerprint density at radius 1 is 1.20 bits per heavy atom. The summed E-state index contributed by atoms with van der Waals surface area (Å²) < 4.78 is 12.6. The van der Waals surface area contributed by atoms with Gasteiger partial charge in [0.05, 0.1) is 17.9 Å². The number of aromatic nitrogens is 6. The van der Waals surface area contributed by atoms with Gasteiger partial charge >= 0.3 is 0 Å². The normalized spacial score (nSPS) is 11.1. The Labute approximate surface area is 147 Å².